The van der Waals surface area contributed by atoms with Gasteiger partial charge in [0.1, 0.15) is 28.8 Å². The molecule has 0 saturated carbocycles. The summed E-state index contributed by atoms with van der Waals surface area (Å²) < 4.78 is 10.3. The van der Waals surface area contributed by atoms with Gasteiger partial charge in [0.2, 0.25) is 0 Å². The van der Waals surface area contributed by atoms with Gasteiger partial charge in [-0.3, -0.25) is 4.79 Å². The molecule has 0 fully saturated rings. The van der Waals surface area contributed by atoms with Gasteiger partial charge in [0, 0.05) is 24.0 Å². The van der Waals surface area contributed by atoms with Gasteiger partial charge in [-0.15, -0.1) is 0 Å². The Kier molecular flexibility index (Phi) is 5.34. The molecule has 0 bridgehead atoms. The van der Waals surface area contributed by atoms with Crippen molar-refractivity contribution in [3.63, 3.8) is 0 Å². The predicted octanol–water partition coefficient (Wildman–Crippen LogP) is 3.59. The number of methoxy groups -OCH3 is 2. The number of benzene rings is 2. The van der Waals surface area contributed by atoms with E-state index in [1.165, 1.54) is 26.4 Å². The third-order valence-electron chi connectivity index (χ3n) is 4.15. The van der Waals surface area contributed by atoms with Gasteiger partial charge in [0.15, 0.2) is 0 Å². The van der Waals surface area contributed by atoms with Crippen LogP contribution < -0.4 is 9.47 Å². The number of carbonyl (C=O) groups excluding carboxylic acids is 1. The fourth-order valence-electron chi connectivity index (χ4n) is 2.65. The third-order valence-corrected chi connectivity index (χ3v) is 4.15. The summed E-state index contributed by atoms with van der Waals surface area (Å²) >= 11 is 0. The number of aromatic hydroxyl groups is 2. The van der Waals surface area contributed by atoms with Crippen molar-refractivity contribution in [2.75, 3.05) is 14.2 Å². The topological polar surface area (TPSA) is 76.0 Å². The number of hydrogen-bond acceptors (Lipinski definition) is 5. The van der Waals surface area contributed by atoms with Crippen LogP contribution in [0.15, 0.2) is 36.4 Å². The van der Waals surface area contributed by atoms with Crippen LogP contribution in [0.25, 0.3) is 0 Å². The van der Waals surface area contributed by atoms with Crippen molar-refractivity contribution in [1.82, 2.24) is 0 Å². The van der Waals surface area contributed by atoms with Gasteiger partial charge in [0.05, 0.1) is 14.2 Å². The minimum atomic E-state index is -0.436. The summed E-state index contributed by atoms with van der Waals surface area (Å²) in [6.07, 6.45) is 0. The number of Topliss-reactive ketones (excluding diaryl/α,β-unsaturated/α-hetero) is 1. The van der Waals surface area contributed by atoms with E-state index in [0.717, 1.165) is 0 Å². The second kappa shape index (κ2) is 7.25. The molecule has 128 valence electrons. The number of hydrogen-bond donors (Lipinski definition) is 2. The van der Waals surface area contributed by atoms with Gasteiger partial charge in [0.25, 0.3) is 0 Å². The smallest absolute Gasteiger partial charge is 0.147 e. The highest BCUT2D eigenvalue weighted by atomic mass is 16.5. The summed E-state index contributed by atoms with van der Waals surface area (Å²) in [6.45, 7) is 3.57. The minimum Gasteiger partial charge on any atom is -0.508 e. The van der Waals surface area contributed by atoms with Gasteiger partial charge < -0.3 is 19.7 Å². The zero-order chi connectivity index (χ0) is 17.9. The first kappa shape index (κ1) is 17.7. The van der Waals surface area contributed by atoms with Crippen LogP contribution in [0.5, 0.6) is 23.0 Å². The summed E-state index contributed by atoms with van der Waals surface area (Å²) in [7, 11) is 3.01. The van der Waals surface area contributed by atoms with Crippen LogP contribution in [0.1, 0.15) is 36.8 Å². The van der Waals surface area contributed by atoms with E-state index in [4.69, 9.17) is 9.47 Å². The lowest BCUT2D eigenvalue weighted by Gasteiger charge is -2.18. The SMILES string of the molecule is COc1cc(O)cc(C(C)C(=O)C(C)c2cc(O)cc(OC)c2)c1. The van der Waals surface area contributed by atoms with Crippen molar-refractivity contribution in [3.8, 4) is 23.0 Å². The maximum absolute atomic E-state index is 12.8. The monoisotopic (exact) mass is 330 g/mol. The molecular formula is C19H22O5. The maximum atomic E-state index is 12.8. The van der Waals surface area contributed by atoms with E-state index in [0.29, 0.717) is 22.6 Å². The summed E-state index contributed by atoms with van der Waals surface area (Å²) in [5.41, 5.74) is 1.35. The molecule has 2 N–H and O–H groups in total. The van der Waals surface area contributed by atoms with E-state index in [9.17, 15) is 15.0 Å². The van der Waals surface area contributed by atoms with Gasteiger partial charge in [-0.1, -0.05) is 13.8 Å². The number of ether oxygens (including phenoxy) is 2. The minimum absolute atomic E-state index is 0.0321. The molecule has 0 aliphatic carbocycles. The normalized spacial score (nSPS) is 13.2. The van der Waals surface area contributed by atoms with Crippen molar-refractivity contribution >= 4 is 5.78 Å². The Hall–Kier alpha value is -2.69. The lowest BCUT2D eigenvalue weighted by Crippen LogP contribution is -2.16. The number of phenolic OH excluding ortho intramolecular Hbond substituents is 2. The maximum Gasteiger partial charge on any atom is 0.147 e. The Bertz CT molecular complexity index is 677. The molecule has 0 aromatic heterocycles. The summed E-state index contributed by atoms with van der Waals surface area (Å²) in [6, 6.07) is 9.56. The molecule has 0 aliphatic rings. The van der Waals surface area contributed by atoms with Crippen molar-refractivity contribution in [2.24, 2.45) is 0 Å². The molecule has 0 spiro atoms. The Morgan fingerprint density at radius 1 is 0.792 bits per heavy atom. The van der Waals surface area contributed by atoms with Crippen LogP contribution in [0.3, 0.4) is 0 Å². The first-order chi connectivity index (χ1) is 11.3. The van der Waals surface area contributed by atoms with Crippen LogP contribution in [-0.4, -0.2) is 30.2 Å². The van der Waals surface area contributed by atoms with Gasteiger partial charge in [-0.2, -0.15) is 0 Å². The van der Waals surface area contributed by atoms with Crippen molar-refractivity contribution < 1.29 is 24.5 Å². The van der Waals surface area contributed by atoms with Crippen molar-refractivity contribution in [3.05, 3.63) is 47.5 Å². The second-order valence-electron chi connectivity index (χ2n) is 5.77. The van der Waals surface area contributed by atoms with E-state index in [2.05, 4.69) is 0 Å². The van der Waals surface area contributed by atoms with E-state index in [-0.39, 0.29) is 17.3 Å². The Morgan fingerprint density at radius 3 is 1.50 bits per heavy atom. The summed E-state index contributed by atoms with van der Waals surface area (Å²) in [5.74, 6) is 0.193. The van der Waals surface area contributed by atoms with Crippen LogP contribution in [-0.2, 0) is 4.79 Å². The Labute approximate surface area is 141 Å². The molecule has 0 aliphatic heterocycles. The third kappa shape index (κ3) is 3.79. The van der Waals surface area contributed by atoms with E-state index >= 15 is 0 Å². The fraction of sp³-hybridized carbons (Fsp3) is 0.316. The zero-order valence-electron chi connectivity index (χ0n) is 14.2. The zero-order valence-corrected chi connectivity index (χ0v) is 14.2. The average Bonchev–Trinajstić information content (AvgIpc) is 2.58. The largest absolute Gasteiger partial charge is 0.508 e. The standard InChI is InChI=1S/C19H22O5/c1-11(13-5-15(20)9-17(7-13)23-3)19(22)12(2)14-6-16(21)10-18(8-14)24-4/h5-12,20-21H,1-4H3. The van der Waals surface area contributed by atoms with Crippen molar-refractivity contribution in [1.29, 1.82) is 0 Å². The molecule has 5 heteroatoms. The molecule has 0 heterocycles. The van der Waals surface area contributed by atoms with Crippen LogP contribution in [0.2, 0.25) is 0 Å². The van der Waals surface area contributed by atoms with Crippen LogP contribution in [0.4, 0.5) is 0 Å². The lowest BCUT2D eigenvalue weighted by molar-refractivity contribution is -0.121. The quantitative estimate of drug-likeness (QED) is 0.846. The predicted molar refractivity (Wildman–Crippen MR) is 91.2 cm³/mol. The molecule has 0 saturated heterocycles. The Morgan fingerprint density at radius 2 is 1.17 bits per heavy atom. The molecule has 2 aromatic rings. The van der Waals surface area contributed by atoms with E-state index < -0.39 is 11.8 Å². The van der Waals surface area contributed by atoms with Gasteiger partial charge >= 0.3 is 0 Å². The second-order valence-corrected chi connectivity index (χ2v) is 5.77. The van der Waals surface area contributed by atoms with Crippen molar-refractivity contribution in [2.45, 2.75) is 25.7 Å². The van der Waals surface area contributed by atoms with Gasteiger partial charge in [-0.05, 0) is 35.4 Å². The number of phenols is 2. The molecular weight excluding hydrogens is 308 g/mol. The van der Waals surface area contributed by atoms with Crippen LogP contribution >= 0.6 is 0 Å². The summed E-state index contributed by atoms with van der Waals surface area (Å²) in [4.78, 5) is 12.8. The molecule has 2 atom stereocenters. The molecule has 2 unspecified atom stereocenters. The van der Waals surface area contributed by atoms with E-state index in [1.807, 2.05) is 0 Å². The molecule has 2 aromatic carbocycles. The lowest BCUT2D eigenvalue weighted by atomic mass is 9.85. The number of ketones is 1. The molecule has 0 amide bonds. The molecule has 0 radical (unpaired) electrons. The highest BCUT2D eigenvalue weighted by molar-refractivity contribution is 5.91. The summed E-state index contributed by atoms with van der Waals surface area (Å²) in [5, 5.41) is 19.6. The molecule has 5 nitrogen and oxygen atoms in total. The van der Waals surface area contributed by atoms with E-state index in [1.54, 1.807) is 38.1 Å². The van der Waals surface area contributed by atoms with Crippen LogP contribution in [0, 0.1) is 0 Å². The molecule has 2 rings (SSSR count). The fourth-order valence-corrected chi connectivity index (χ4v) is 2.65. The highest BCUT2D eigenvalue weighted by Crippen LogP contribution is 2.33. The van der Waals surface area contributed by atoms with Gasteiger partial charge in [-0.25, -0.2) is 0 Å². The number of carbonyl (C=O) groups is 1. The average molecular weight is 330 g/mol. The first-order valence-corrected chi connectivity index (χ1v) is 7.65. The Balaban J connectivity index is 2.30. The first-order valence-electron chi connectivity index (χ1n) is 7.65. The highest BCUT2D eigenvalue weighted by Gasteiger charge is 2.24. The number of rotatable bonds is 6. The molecule has 24 heavy (non-hydrogen) atoms.